The molecule has 0 saturated heterocycles. The zero-order valence-electron chi connectivity index (χ0n) is 12.3. The third kappa shape index (κ3) is 5.27. The molecule has 3 nitrogen and oxygen atoms in total. The number of ether oxygens (including phenoxy) is 1. The van der Waals surface area contributed by atoms with E-state index in [1.54, 1.807) is 11.8 Å². The molecular formula is C16H23NO2S. The van der Waals surface area contributed by atoms with Crippen LogP contribution in [0.15, 0.2) is 29.2 Å². The number of Topliss-reactive ketones (excluding diaryl/α,β-unsaturated/α-hetero) is 1. The van der Waals surface area contributed by atoms with Crippen LogP contribution >= 0.6 is 11.8 Å². The van der Waals surface area contributed by atoms with Crippen LogP contribution in [0.2, 0.25) is 0 Å². The number of carbonyl (C=O) groups is 1. The number of rotatable bonds is 9. The van der Waals surface area contributed by atoms with E-state index >= 15 is 0 Å². The molecule has 0 radical (unpaired) electrons. The van der Waals surface area contributed by atoms with Crippen LogP contribution in [0.25, 0.3) is 0 Å². The topological polar surface area (TPSA) is 29.5 Å². The summed E-state index contributed by atoms with van der Waals surface area (Å²) in [5.74, 6) is 0.972. The summed E-state index contributed by atoms with van der Waals surface area (Å²) >= 11 is 1.69. The second-order valence-corrected chi connectivity index (χ2v) is 6.29. The second-order valence-electron chi connectivity index (χ2n) is 5.41. The van der Waals surface area contributed by atoms with Crippen LogP contribution < -0.4 is 0 Å². The summed E-state index contributed by atoms with van der Waals surface area (Å²) in [6.07, 6.45) is 4.67. The SMILES string of the molecule is CSc1ccc(C(=O)CN(C)CCOCC2CC2)cc1. The molecule has 1 aliphatic carbocycles. The van der Waals surface area contributed by atoms with Gasteiger partial charge in [-0.25, -0.2) is 0 Å². The first-order chi connectivity index (χ1) is 9.69. The van der Waals surface area contributed by atoms with Gasteiger partial charge in [-0.15, -0.1) is 11.8 Å². The highest BCUT2D eigenvalue weighted by atomic mass is 32.2. The van der Waals surface area contributed by atoms with E-state index in [4.69, 9.17) is 4.74 Å². The summed E-state index contributed by atoms with van der Waals surface area (Å²) in [4.78, 5) is 15.3. The monoisotopic (exact) mass is 293 g/mol. The Morgan fingerprint density at radius 2 is 2.05 bits per heavy atom. The van der Waals surface area contributed by atoms with Crippen molar-refractivity contribution in [2.75, 3.05) is 39.6 Å². The van der Waals surface area contributed by atoms with Crippen molar-refractivity contribution in [1.82, 2.24) is 4.90 Å². The van der Waals surface area contributed by atoms with Crippen LogP contribution in [0.3, 0.4) is 0 Å². The summed E-state index contributed by atoms with van der Waals surface area (Å²) in [7, 11) is 1.97. The van der Waals surface area contributed by atoms with Gasteiger partial charge in [0.25, 0.3) is 0 Å². The Kier molecular flexibility index (Phi) is 6.07. The molecule has 1 fully saturated rings. The molecule has 1 aromatic carbocycles. The van der Waals surface area contributed by atoms with Gasteiger partial charge in [0.15, 0.2) is 5.78 Å². The third-order valence-corrected chi connectivity index (χ3v) is 4.24. The Hall–Kier alpha value is -0.840. The summed E-state index contributed by atoms with van der Waals surface area (Å²) in [6.45, 7) is 2.86. The molecular weight excluding hydrogens is 270 g/mol. The normalized spacial score (nSPS) is 14.8. The van der Waals surface area contributed by atoms with Crippen LogP contribution in [0.1, 0.15) is 23.2 Å². The number of hydrogen-bond acceptors (Lipinski definition) is 4. The highest BCUT2D eigenvalue weighted by molar-refractivity contribution is 7.98. The van der Waals surface area contributed by atoms with Gasteiger partial charge >= 0.3 is 0 Å². The van der Waals surface area contributed by atoms with Crippen LogP contribution in [-0.4, -0.2) is 50.3 Å². The largest absolute Gasteiger partial charge is 0.380 e. The number of hydrogen-bond donors (Lipinski definition) is 0. The Morgan fingerprint density at radius 3 is 2.65 bits per heavy atom. The van der Waals surface area contributed by atoms with Gasteiger partial charge in [-0.1, -0.05) is 12.1 Å². The fraction of sp³-hybridized carbons (Fsp3) is 0.562. The predicted octanol–water partition coefficient (Wildman–Crippen LogP) is 2.95. The van der Waals surface area contributed by atoms with Gasteiger partial charge in [-0.3, -0.25) is 9.69 Å². The molecule has 110 valence electrons. The molecule has 0 unspecified atom stereocenters. The molecule has 0 aliphatic heterocycles. The van der Waals surface area contributed by atoms with Crippen molar-refractivity contribution in [3.63, 3.8) is 0 Å². The van der Waals surface area contributed by atoms with E-state index in [2.05, 4.69) is 0 Å². The first-order valence-electron chi connectivity index (χ1n) is 7.12. The number of likely N-dealkylation sites (N-methyl/N-ethyl adjacent to an activating group) is 1. The molecule has 0 bridgehead atoms. The van der Waals surface area contributed by atoms with E-state index in [-0.39, 0.29) is 5.78 Å². The van der Waals surface area contributed by atoms with Crippen molar-refractivity contribution in [1.29, 1.82) is 0 Å². The third-order valence-electron chi connectivity index (χ3n) is 3.49. The molecule has 1 aliphatic rings. The number of carbonyl (C=O) groups excluding carboxylic acids is 1. The molecule has 0 aromatic heterocycles. The molecule has 1 aromatic rings. The summed E-state index contributed by atoms with van der Waals surface area (Å²) < 4.78 is 5.59. The van der Waals surface area contributed by atoms with Gasteiger partial charge in [0.2, 0.25) is 0 Å². The lowest BCUT2D eigenvalue weighted by molar-refractivity contribution is 0.0861. The zero-order valence-corrected chi connectivity index (χ0v) is 13.1. The van der Waals surface area contributed by atoms with Crippen LogP contribution in [0.4, 0.5) is 0 Å². The smallest absolute Gasteiger partial charge is 0.176 e. The van der Waals surface area contributed by atoms with Crippen molar-refractivity contribution in [2.45, 2.75) is 17.7 Å². The van der Waals surface area contributed by atoms with Crippen LogP contribution in [0.5, 0.6) is 0 Å². The van der Waals surface area contributed by atoms with E-state index in [0.29, 0.717) is 13.2 Å². The summed E-state index contributed by atoms with van der Waals surface area (Å²) in [5, 5.41) is 0. The maximum Gasteiger partial charge on any atom is 0.176 e. The van der Waals surface area contributed by atoms with Crippen molar-refractivity contribution >= 4 is 17.5 Å². The van der Waals surface area contributed by atoms with Gasteiger partial charge in [0, 0.05) is 23.6 Å². The lowest BCUT2D eigenvalue weighted by Crippen LogP contribution is -2.29. The van der Waals surface area contributed by atoms with E-state index in [1.165, 1.54) is 17.7 Å². The molecule has 20 heavy (non-hydrogen) atoms. The van der Waals surface area contributed by atoms with Crippen molar-refractivity contribution in [2.24, 2.45) is 5.92 Å². The Morgan fingerprint density at radius 1 is 1.35 bits per heavy atom. The highest BCUT2D eigenvalue weighted by Gasteiger charge is 2.21. The first kappa shape index (κ1) is 15.5. The van der Waals surface area contributed by atoms with E-state index in [9.17, 15) is 4.79 Å². The van der Waals surface area contributed by atoms with Gasteiger partial charge < -0.3 is 4.74 Å². The van der Waals surface area contributed by atoms with Crippen LogP contribution in [0, 0.1) is 5.92 Å². The van der Waals surface area contributed by atoms with Gasteiger partial charge in [0.1, 0.15) is 0 Å². The van der Waals surface area contributed by atoms with E-state index in [0.717, 1.165) is 24.6 Å². The standard InChI is InChI=1S/C16H23NO2S/c1-17(9-10-19-12-13-3-4-13)11-16(18)14-5-7-15(20-2)8-6-14/h5-8,13H,3-4,9-12H2,1-2H3. The Labute approximate surface area is 125 Å². The maximum absolute atomic E-state index is 12.1. The van der Waals surface area contributed by atoms with E-state index < -0.39 is 0 Å². The first-order valence-corrected chi connectivity index (χ1v) is 8.35. The average molecular weight is 293 g/mol. The summed E-state index contributed by atoms with van der Waals surface area (Å²) in [5.41, 5.74) is 0.786. The van der Waals surface area contributed by atoms with Gasteiger partial charge in [0.05, 0.1) is 13.2 Å². The molecule has 0 amide bonds. The fourth-order valence-electron chi connectivity index (χ4n) is 1.95. The quantitative estimate of drug-likeness (QED) is 0.398. The van der Waals surface area contributed by atoms with Crippen molar-refractivity contribution in [3.8, 4) is 0 Å². The minimum Gasteiger partial charge on any atom is -0.380 e. The molecule has 0 heterocycles. The Bertz CT molecular complexity index is 429. The minimum atomic E-state index is 0.169. The molecule has 4 heteroatoms. The zero-order chi connectivity index (χ0) is 14.4. The molecule has 1 saturated carbocycles. The average Bonchev–Trinajstić information content (AvgIpc) is 3.28. The number of benzene rings is 1. The second kappa shape index (κ2) is 7.81. The maximum atomic E-state index is 12.1. The van der Waals surface area contributed by atoms with Gasteiger partial charge in [-0.2, -0.15) is 0 Å². The molecule has 0 spiro atoms. The molecule has 0 atom stereocenters. The number of ketones is 1. The van der Waals surface area contributed by atoms with Crippen molar-refractivity contribution < 1.29 is 9.53 Å². The Balaban J connectivity index is 1.68. The summed E-state index contributed by atoms with van der Waals surface area (Å²) in [6, 6.07) is 7.81. The minimum absolute atomic E-state index is 0.169. The lowest BCUT2D eigenvalue weighted by atomic mass is 10.1. The molecule has 2 rings (SSSR count). The van der Waals surface area contributed by atoms with Crippen molar-refractivity contribution in [3.05, 3.63) is 29.8 Å². The van der Waals surface area contributed by atoms with Gasteiger partial charge in [-0.05, 0) is 44.2 Å². The lowest BCUT2D eigenvalue weighted by Gasteiger charge is -2.15. The fourth-order valence-corrected chi connectivity index (χ4v) is 2.36. The molecule has 0 N–H and O–H groups in total. The number of thioether (sulfide) groups is 1. The highest BCUT2D eigenvalue weighted by Crippen LogP contribution is 2.28. The van der Waals surface area contributed by atoms with Crippen LogP contribution in [-0.2, 0) is 4.74 Å². The van der Waals surface area contributed by atoms with E-state index in [1.807, 2.05) is 42.5 Å². The number of nitrogens with zero attached hydrogens (tertiary/aromatic N) is 1. The predicted molar refractivity (Wildman–Crippen MR) is 83.6 cm³/mol.